The van der Waals surface area contributed by atoms with Gasteiger partial charge in [0.25, 0.3) is 0 Å². The Balaban J connectivity index is 1.19. The lowest BCUT2D eigenvalue weighted by atomic mass is 9.96. The van der Waals surface area contributed by atoms with Gasteiger partial charge in [0.2, 0.25) is 11.8 Å². The van der Waals surface area contributed by atoms with Crippen molar-refractivity contribution in [3.05, 3.63) is 59.3 Å². The van der Waals surface area contributed by atoms with E-state index in [1.807, 2.05) is 30.3 Å². The third-order valence-corrected chi connectivity index (χ3v) is 7.06. The minimum atomic E-state index is -1.17. The van der Waals surface area contributed by atoms with Crippen molar-refractivity contribution in [2.45, 2.75) is 51.0 Å². The number of carboxylic acid groups (broad SMARTS) is 1. The number of amides is 2. The SMILES string of the molecule is O=C(Cc1ccccc1)N[C@@H](CNC(=O)[C@@H]1CCCN(CCCc2ccc3c(n2)NCCC3)C1)C(=O)O. The molecule has 4 N–H and O–H groups in total. The van der Waals surface area contributed by atoms with E-state index in [9.17, 15) is 19.5 Å². The number of carbonyl (C=O) groups is 3. The number of carboxylic acids is 1. The van der Waals surface area contributed by atoms with Crippen molar-refractivity contribution in [1.82, 2.24) is 20.5 Å². The summed E-state index contributed by atoms with van der Waals surface area (Å²) in [6, 6.07) is 12.3. The largest absolute Gasteiger partial charge is 0.480 e. The van der Waals surface area contributed by atoms with Crippen LogP contribution in [0.1, 0.15) is 42.5 Å². The molecule has 9 nitrogen and oxygen atoms in total. The van der Waals surface area contributed by atoms with E-state index >= 15 is 0 Å². The molecule has 1 aromatic carbocycles. The normalized spacial score (nSPS) is 18.2. The number of likely N-dealkylation sites (tertiary alicyclic amines) is 1. The number of aryl methyl sites for hydroxylation is 2. The Bertz CT molecular complexity index is 1080. The molecule has 198 valence electrons. The van der Waals surface area contributed by atoms with Gasteiger partial charge >= 0.3 is 5.97 Å². The predicted octanol–water partition coefficient (Wildman–Crippen LogP) is 2.01. The highest BCUT2D eigenvalue weighted by Crippen LogP contribution is 2.21. The summed E-state index contributed by atoms with van der Waals surface area (Å²) in [4.78, 5) is 43.8. The molecule has 0 saturated carbocycles. The average molecular weight is 508 g/mol. The molecule has 2 aliphatic heterocycles. The van der Waals surface area contributed by atoms with Crippen LogP contribution in [0, 0.1) is 5.92 Å². The monoisotopic (exact) mass is 507 g/mol. The van der Waals surface area contributed by atoms with Crippen LogP contribution in [0.3, 0.4) is 0 Å². The van der Waals surface area contributed by atoms with Crippen molar-refractivity contribution in [2.75, 3.05) is 38.0 Å². The average Bonchev–Trinajstić information content (AvgIpc) is 2.91. The summed E-state index contributed by atoms with van der Waals surface area (Å²) in [5.41, 5.74) is 3.18. The highest BCUT2D eigenvalue weighted by molar-refractivity contribution is 5.86. The maximum atomic E-state index is 12.8. The lowest BCUT2D eigenvalue weighted by Gasteiger charge is -2.32. The molecule has 0 aliphatic carbocycles. The van der Waals surface area contributed by atoms with Crippen LogP contribution in [0.15, 0.2) is 42.5 Å². The molecule has 2 amide bonds. The Morgan fingerprint density at radius 3 is 2.78 bits per heavy atom. The highest BCUT2D eigenvalue weighted by Gasteiger charge is 2.27. The number of aromatic nitrogens is 1. The number of fused-ring (bicyclic) bond motifs is 1. The van der Waals surface area contributed by atoms with Crippen molar-refractivity contribution >= 4 is 23.6 Å². The van der Waals surface area contributed by atoms with Crippen LogP contribution in [-0.2, 0) is 33.6 Å². The third kappa shape index (κ3) is 8.01. The van der Waals surface area contributed by atoms with Crippen molar-refractivity contribution in [3.63, 3.8) is 0 Å². The molecule has 1 fully saturated rings. The number of aliphatic carboxylic acids is 1. The van der Waals surface area contributed by atoms with Gasteiger partial charge in [-0.25, -0.2) is 9.78 Å². The van der Waals surface area contributed by atoms with Crippen LogP contribution in [0.4, 0.5) is 5.82 Å². The summed E-state index contributed by atoms with van der Waals surface area (Å²) in [7, 11) is 0. The fourth-order valence-corrected chi connectivity index (χ4v) is 5.04. The molecular weight excluding hydrogens is 470 g/mol. The Kier molecular flexibility index (Phi) is 9.48. The maximum absolute atomic E-state index is 12.8. The second-order valence-corrected chi connectivity index (χ2v) is 9.95. The van der Waals surface area contributed by atoms with E-state index in [4.69, 9.17) is 4.98 Å². The van der Waals surface area contributed by atoms with Crippen molar-refractivity contribution in [3.8, 4) is 0 Å². The van der Waals surface area contributed by atoms with Crippen LogP contribution >= 0.6 is 0 Å². The Morgan fingerprint density at radius 1 is 1.14 bits per heavy atom. The van der Waals surface area contributed by atoms with Gasteiger partial charge in [0, 0.05) is 25.3 Å². The number of anilines is 1. The van der Waals surface area contributed by atoms with Crippen molar-refractivity contribution in [1.29, 1.82) is 0 Å². The zero-order valence-electron chi connectivity index (χ0n) is 21.2. The smallest absolute Gasteiger partial charge is 0.328 e. The van der Waals surface area contributed by atoms with Gasteiger partial charge in [-0.15, -0.1) is 0 Å². The molecule has 9 heteroatoms. The van der Waals surface area contributed by atoms with Gasteiger partial charge < -0.3 is 26.0 Å². The summed E-state index contributed by atoms with van der Waals surface area (Å²) in [6.07, 6.45) is 5.89. The molecule has 2 aromatic rings. The Morgan fingerprint density at radius 2 is 1.97 bits per heavy atom. The van der Waals surface area contributed by atoms with E-state index < -0.39 is 12.0 Å². The number of nitrogens with zero attached hydrogens (tertiary/aromatic N) is 2. The Labute approximate surface area is 218 Å². The quantitative estimate of drug-likeness (QED) is 0.367. The van der Waals surface area contributed by atoms with E-state index in [1.54, 1.807) is 0 Å². The van der Waals surface area contributed by atoms with Crippen LogP contribution < -0.4 is 16.0 Å². The van der Waals surface area contributed by atoms with E-state index in [0.717, 1.165) is 75.2 Å². The molecule has 0 bridgehead atoms. The van der Waals surface area contributed by atoms with Crippen LogP contribution in [0.2, 0.25) is 0 Å². The summed E-state index contributed by atoms with van der Waals surface area (Å²) in [5.74, 6) is -0.877. The molecular formula is C28H37N5O4. The lowest BCUT2D eigenvalue weighted by molar-refractivity contribution is -0.141. The van der Waals surface area contributed by atoms with E-state index in [2.05, 4.69) is 33.0 Å². The Hall–Kier alpha value is -3.46. The molecule has 2 aliphatic rings. The summed E-state index contributed by atoms with van der Waals surface area (Å²) >= 11 is 0. The molecule has 1 saturated heterocycles. The number of carbonyl (C=O) groups excluding carboxylic acids is 2. The zero-order valence-corrected chi connectivity index (χ0v) is 21.2. The fraction of sp³-hybridized carbons (Fsp3) is 0.500. The first kappa shape index (κ1) is 26.6. The van der Waals surface area contributed by atoms with Gasteiger partial charge in [-0.3, -0.25) is 9.59 Å². The van der Waals surface area contributed by atoms with Crippen molar-refractivity contribution in [2.24, 2.45) is 5.92 Å². The van der Waals surface area contributed by atoms with Gasteiger partial charge in [-0.05, 0) is 68.8 Å². The second-order valence-electron chi connectivity index (χ2n) is 9.95. The predicted molar refractivity (Wildman–Crippen MR) is 141 cm³/mol. The lowest BCUT2D eigenvalue weighted by Crippen LogP contribution is -2.51. The molecule has 0 unspecified atom stereocenters. The summed E-state index contributed by atoms with van der Waals surface area (Å²) < 4.78 is 0. The molecule has 37 heavy (non-hydrogen) atoms. The molecule has 3 heterocycles. The molecule has 2 atom stereocenters. The van der Waals surface area contributed by atoms with Crippen LogP contribution in [-0.4, -0.2) is 71.5 Å². The van der Waals surface area contributed by atoms with Gasteiger partial charge in [-0.2, -0.15) is 0 Å². The van der Waals surface area contributed by atoms with Gasteiger partial charge in [-0.1, -0.05) is 36.4 Å². The second kappa shape index (κ2) is 13.2. The molecule has 4 rings (SSSR count). The standard InChI is InChI=1S/C28H37N5O4/c34-25(17-20-7-2-1-3-8-20)32-24(28(36)37)18-30-27(35)22-10-5-15-33(19-22)16-6-11-23-13-12-21-9-4-14-29-26(21)31-23/h1-3,7-8,12-13,22,24H,4-6,9-11,14-19H2,(H,29,31)(H,30,35)(H,32,34)(H,36,37)/t22-,24+/m1/s1. The maximum Gasteiger partial charge on any atom is 0.328 e. The number of pyridine rings is 1. The number of hydrogen-bond acceptors (Lipinski definition) is 6. The number of hydrogen-bond donors (Lipinski definition) is 4. The van der Waals surface area contributed by atoms with E-state index in [1.165, 1.54) is 5.56 Å². The molecule has 0 spiro atoms. The number of piperidine rings is 1. The van der Waals surface area contributed by atoms with Gasteiger partial charge in [0.1, 0.15) is 11.9 Å². The van der Waals surface area contributed by atoms with E-state index in [0.29, 0.717) is 6.54 Å². The number of nitrogens with one attached hydrogen (secondary N) is 3. The first-order valence-corrected chi connectivity index (χ1v) is 13.3. The summed E-state index contributed by atoms with van der Waals surface area (Å²) in [6.45, 7) is 3.35. The zero-order chi connectivity index (χ0) is 26.0. The van der Waals surface area contributed by atoms with E-state index in [-0.39, 0.29) is 30.7 Å². The van der Waals surface area contributed by atoms with Crippen LogP contribution in [0.5, 0.6) is 0 Å². The minimum Gasteiger partial charge on any atom is -0.480 e. The fourth-order valence-electron chi connectivity index (χ4n) is 5.04. The number of rotatable bonds is 11. The highest BCUT2D eigenvalue weighted by atomic mass is 16.4. The van der Waals surface area contributed by atoms with Gasteiger partial charge in [0.15, 0.2) is 0 Å². The summed E-state index contributed by atoms with van der Waals surface area (Å²) in [5, 5.41) is 18.2. The topological polar surface area (TPSA) is 124 Å². The number of benzene rings is 1. The van der Waals surface area contributed by atoms with Crippen LogP contribution in [0.25, 0.3) is 0 Å². The third-order valence-electron chi connectivity index (χ3n) is 7.06. The first-order chi connectivity index (χ1) is 18.0. The minimum absolute atomic E-state index is 0.0909. The first-order valence-electron chi connectivity index (χ1n) is 13.3. The molecule has 0 radical (unpaired) electrons. The van der Waals surface area contributed by atoms with Gasteiger partial charge in [0.05, 0.1) is 12.3 Å². The molecule has 1 aromatic heterocycles. The van der Waals surface area contributed by atoms with Crippen molar-refractivity contribution < 1.29 is 19.5 Å².